The van der Waals surface area contributed by atoms with Crippen LogP contribution in [0.25, 0.3) is 11.0 Å². The Morgan fingerprint density at radius 3 is 2.53 bits per heavy atom. The van der Waals surface area contributed by atoms with E-state index < -0.39 is 21.8 Å². The van der Waals surface area contributed by atoms with Crippen molar-refractivity contribution in [1.82, 2.24) is 4.90 Å². The second-order valence-corrected chi connectivity index (χ2v) is 11.1. The SMILES string of the molecule is CCCOc1ccc(CN(C(=O)c2cc(=O)c3cc(C)cc(C)c3o2)C2CCS(=O)(=O)C2)cc1. The Labute approximate surface area is 199 Å². The molecule has 1 saturated heterocycles. The van der Waals surface area contributed by atoms with Crippen LogP contribution in [0.2, 0.25) is 0 Å². The largest absolute Gasteiger partial charge is 0.494 e. The van der Waals surface area contributed by atoms with E-state index in [0.29, 0.717) is 24.0 Å². The van der Waals surface area contributed by atoms with Gasteiger partial charge in [-0.25, -0.2) is 8.42 Å². The standard InChI is InChI=1S/C26H29NO6S/c1-4-10-32-21-7-5-19(6-8-21)15-27(20-9-11-34(30,31)16-20)26(29)24-14-23(28)22-13-17(2)12-18(3)25(22)33-24/h5-8,12-14,20H,4,9-11,15-16H2,1-3H3. The van der Waals surface area contributed by atoms with Gasteiger partial charge in [-0.15, -0.1) is 0 Å². The molecule has 2 aromatic carbocycles. The molecule has 0 radical (unpaired) electrons. The monoisotopic (exact) mass is 483 g/mol. The second-order valence-electron chi connectivity index (χ2n) is 8.92. The first-order valence-corrected chi connectivity index (χ1v) is 13.3. The van der Waals surface area contributed by atoms with Crippen LogP contribution in [0.3, 0.4) is 0 Å². The number of carbonyl (C=O) groups excluding carboxylic acids is 1. The molecule has 0 saturated carbocycles. The number of rotatable bonds is 7. The highest BCUT2D eigenvalue weighted by atomic mass is 32.2. The van der Waals surface area contributed by atoms with Gasteiger partial charge in [0.25, 0.3) is 5.91 Å². The molecule has 7 nitrogen and oxygen atoms in total. The van der Waals surface area contributed by atoms with E-state index in [0.717, 1.165) is 28.9 Å². The highest BCUT2D eigenvalue weighted by Crippen LogP contribution is 2.25. The van der Waals surface area contributed by atoms with Crippen LogP contribution < -0.4 is 10.2 Å². The molecule has 34 heavy (non-hydrogen) atoms. The van der Waals surface area contributed by atoms with Crippen molar-refractivity contribution in [1.29, 1.82) is 0 Å². The summed E-state index contributed by atoms with van der Waals surface area (Å²) < 4.78 is 35.9. The van der Waals surface area contributed by atoms with Crippen molar-refractivity contribution in [3.63, 3.8) is 0 Å². The minimum atomic E-state index is -3.23. The van der Waals surface area contributed by atoms with Gasteiger partial charge in [-0.1, -0.05) is 25.1 Å². The number of carbonyl (C=O) groups is 1. The number of ether oxygens (including phenoxy) is 1. The third kappa shape index (κ3) is 5.17. The quantitative estimate of drug-likeness (QED) is 0.504. The van der Waals surface area contributed by atoms with Crippen molar-refractivity contribution in [3.05, 3.63) is 75.1 Å². The summed E-state index contributed by atoms with van der Waals surface area (Å²) in [4.78, 5) is 27.9. The van der Waals surface area contributed by atoms with Crippen molar-refractivity contribution in [2.24, 2.45) is 0 Å². The van der Waals surface area contributed by atoms with E-state index in [9.17, 15) is 18.0 Å². The number of fused-ring (bicyclic) bond motifs is 1. The fraction of sp³-hybridized carbons (Fsp3) is 0.385. The van der Waals surface area contributed by atoms with Crippen LogP contribution in [0.1, 0.15) is 47.0 Å². The summed E-state index contributed by atoms with van der Waals surface area (Å²) in [6.07, 6.45) is 1.25. The van der Waals surface area contributed by atoms with Crippen molar-refractivity contribution in [3.8, 4) is 5.75 Å². The molecule has 1 amide bonds. The molecule has 1 atom stereocenters. The Hall–Kier alpha value is -3.13. The van der Waals surface area contributed by atoms with Crippen molar-refractivity contribution < 1.29 is 22.4 Å². The van der Waals surface area contributed by atoms with Gasteiger partial charge in [0.15, 0.2) is 21.0 Å². The van der Waals surface area contributed by atoms with Crippen LogP contribution in [0.4, 0.5) is 0 Å². The van der Waals surface area contributed by atoms with Crippen LogP contribution in [0, 0.1) is 13.8 Å². The molecule has 0 bridgehead atoms. The van der Waals surface area contributed by atoms with Gasteiger partial charge in [0, 0.05) is 18.7 Å². The lowest BCUT2D eigenvalue weighted by Crippen LogP contribution is -2.40. The number of amides is 1. The molecule has 8 heteroatoms. The Bertz CT molecular complexity index is 1370. The molecular weight excluding hydrogens is 454 g/mol. The van der Waals surface area contributed by atoms with Crippen molar-refractivity contribution in [2.45, 2.75) is 46.2 Å². The van der Waals surface area contributed by atoms with Crippen molar-refractivity contribution in [2.75, 3.05) is 18.1 Å². The fourth-order valence-electron chi connectivity index (χ4n) is 4.35. The van der Waals surface area contributed by atoms with Crippen LogP contribution in [-0.2, 0) is 16.4 Å². The van der Waals surface area contributed by atoms with Crippen LogP contribution in [-0.4, -0.2) is 43.4 Å². The van der Waals surface area contributed by atoms with E-state index in [4.69, 9.17) is 9.15 Å². The Kier molecular flexibility index (Phi) is 6.79. The number of nitrogens with zero attached hydrogens (tertiary/aromatic N) is 1. The summed E-state index contributed by atoms with van der Waals surface area (Å²) in [5.74, 6) is 0.0832. The van der Waals surface area contributed by atoms with Gasteiger partial charge in [0.1, 0.15) is 11.3 Å². The van der Waals surface area contributed by atoms with Gasteiger partial charge in [-0.3, -0.25) is 9.59 Å². The third-order valence-corrected chi connectivity index (χ3v) is 7.78. The molecule has 1 fully saturated rings. The summed E-state index contributed by atoms with van der Waals surface area (Å²) in [7, 11) is -3.23. The molecule has 0 N–H and O–H groups in total. The number of hydrogen-bond donors (Lipinski definition) is 0. The summed E-state index contributed by atoms with van der Waals surface area (Å²) in [6, 6.07) is 11.7. The van der Waals surface area contributed by atoms with Crippen LogP contribution >= 0.6 is 0 Å². The summed E-state index contributed by atoms with van der Waals surface area (Å²) in [5, 5.41) is 0.423. The lowest BCUT2D eigenvalue weighted by molar-refractivity contribution is 0.0648. The topological polar surface area (TPSA) is 93.9 Å². The molecule has 180 valence electrons. The van der Waals surface area contributed by atoms with E-state index in [1.807, 2.05) is 51.1 Å². The van der Waals surface area contributed by atoms with E-state index >= 15 is 0 Å². The smallest absolute Gasteiger partial charge is 0.290 e. The normalized spacial score (nSPS) is 17.1. The number of sulfone groups is 1. The molecular formula is C26H29NO6S. The van der Waals surface area contributed by atoms with E-state index in [1.54, 1.807) is 6.07 Å². The van der Waals surface area contributed by atoms with Gasteiger partial charge in [-0.2, -0.15) is 0 Å². The van der Waals surface area contributed by atoms with Gasteiger partial charge >= 0.3 is 0 Å². The number of hydrogen-bond acceptors (Lipinski definition) is 6. The van der Waals surface area contributed by atoms with Gasteiger partial charge in [-0.05, 0) is 61.6 Å². The summed E-state index contributed by atoms with van der Waals surface area (Å²) in [5.41, 5.74) is 2.60. The first-order valence-electron chi connectivity index (χ1n) is 11.4. The average Bonchev–Trinajstić information content (AvgIpc) is 3.16. The average molecular weight is 484 g/mol. The third-order valence-electron chi connectivity index (χ3n) is 6.03. The van der Waals surface area contributed by atoms with Gasteiger partial charge in [0.2, 0.25) is 0 Å². The maximum absolute atomic E-state index is 13.6. The molecule has 1 aliphatic heterocycles. The second kappa shape index (κ2) is 9.62. The van der Waals surface area contributed by atoms with Crippen molar-refractivity contribution >= 4 is 26.7 Å². The zero-order chi connectivity index (χ0) is 24.5. The predicted molar refractivity (Wildman–Crippen MR) is 131 cm³/mol. The van der Waals surface area contributed by atoms with Crippen LogP contribution in [0.15, 0.2) is 51.7 Å². The maximum Gasteiger partial charge on any atom is 0.290 e. The van der Waals surface area contributed by atoms with E-state index in [2.05, 4.69) is 0 Å². The molecule has 0 aliphatic carbocycles. The van der Waals surface area contributed by atoms with E-state index in [1.165, 1.54) is 11.0 Å². The molecule has 3 aromatic rings. The molecule has 2 heterocycles. The van der Waals surface area contributed by atoms with E-state index in [-0.39, 0.29) is 29.2 Å². The number of benzene rings is 2. The number of aryl methyl sites for hydroxylation is 2. The maximum atomic E-state index is 13.6. The molecule has 4 rings (SSSR count). The van der Waals surface area contributed by atoms with Crippen LogP contribution in [0.5, 0.6) is 5.75 Å². The molecule has 1 unspecified atom stereocenters. The summed E-state index contributed by atoms with van der Waals surface area (Å²) in [6.45, 7) is 6.56. The molecule has 1 aliphatic rings. The van der Waals surface area contributed by atoms with Gasteiger partial charge < -0.3 is 14.1 Å². The Morgan fingerprint density at radius 1 is 1.15 bits per heavy atom. The Balaban J connectivity index is 1.69. The lowest BCUT2D eigenvalue weighted by atomic mass is 10.1. The first kappa shape index (κ1) is 24.0. The molecule has 1 aromatic heterocycles. The zero-order valence-electron chi connectivity index (χ0n) is 19.7. The van der Waals surface area contributed by atoms with Gasteiger partial charge in [0.05, 0.1) is 23.5 Å². The lowest BCUT2D eigenvalue weighted by Gasteiger charge is -2.28. The minimum absolute atomic E-state index is 0.0330. The molecule has 0 spiro atoms. The first-order chi connectivity index (χ1) is 16.2. The summed E-state index contributed by atoms with van der Waals surface area (Å²) >= 11 is 0. The fourth-order valence-corrected chi connectivity index (χ4v) is 6.08. The minimum Gasteiger partial charge on any atom is -0.494 e. The highest BCUT2D eigenvalue weighted by molar-refractivity contribution is 7.91. The zero-order valence-corrected chi connectivity index (χ0v) is 20.5. The predicted octanol–water partition coefficient (Wildman–Crippen LogP) is 4.03. The highest BCUT2D eigenvalue weighted by Gasteiger charge is 2.36. The Morgan fingerprint density at radius 2 is 1.88 bits per heavy atom.